The first-order valence-electron chi connectivity index (χ1n) is 7.53. The number of rotatable bonds is 3. The number of halogens is 7. The number of aromatic nitrogens is 2. The molecule has 0 amide bonds. The van der Waals surface area contributed by atoms with Crippen molar-refractivity contribution in [1.29, 1.82) is 0 Å². The fourth-order valence-corrected chi connectivity index (χ4v) is 2.49. The molecule has 0 aliphatic rings. The second-order valence-corrected chi connectivity index (χ2v) is 7.51. The maximum Gasteiger partial charge on any atom is 0.433 e. The maximum absolute atomic E-state index is 13.1. The molecule has 4 nitrogen and oxygen atoms in total. The first-order chi connectivity index (χ1) is 12.1. The Morgan fingerprint density at radius 2 is 1.52 bits per heavy atom. The van der Waals surface area contributed by atoms with Gasteiger partial charge in [-0.05, 0) is 39.0 Å². The molecule has 0 saturated carbocycles. The number of anilines is 3. The summed E-state index contributed by atoms with van der Waals surface area (Å²) in [6, 6.07) is 3.83. The van der Waals surface area contributed by atoms with Crippen LogP contribution in [0.4, 0.5) is 43.8 Å². The molecule has 148 valence electrons. The van der Waals surface area contributed by atoms with Gasteiger partial charge in [-0.25, -0.2) is 4.98 Å². The SMILES string of the molecule is CC(C)(C)Nc1nc(Nc2ccc(Br)c(C(F)(F)F)c2)cc(C(F)(F)F)n1. The van der Waals surface area contributed by atoms with Gasteiger partial charge in [0, 0.05) is 21.8 Å². The van der Waals surface area contributed by atoms with E-state index in [9.17, 15) is 26.3 Å². The monoisotopic (exact) mass is 456 g/mol. The molecule has 0 bridgehead atoms. The van der Waals surface area contributed by atoms with Gasteiger partial charge in [0.15, 0.2) is 5.69 Å². The van der Waals surface area contributed by atoms with Crippen LogP contribution in [0.25, 0.3) is 0 Å². The fraction of sp³-hybridized carbons (Fsp3) is 0.375. The third-order valence-corrected chi connectivity index (χ3v) is 3.74. The van der Waals surface area contributed by atoms with Crippen LogP contribution in [0.5, 0.6) is 0 Å². The zero-order chi connectivity index (χ0) is 20.6. The van der Waals surface area contributed by atoms with Crippen LogP contribution in [-0.4, -0.2) is 15.5 Å². The zero-order valence-corrected chi connectivity index (χ0v) is 15.9. The van der Waals surface area contributed by atoms with E-state index in [1.807, 2.05) is 0 Å². The van der Waals surface area contributed by atoms with E-state index < -0.39 is 29.1 Å². The summed E-state index contributed by atoms with van der Waals surface area (Å²) in [7, 11) is 0. The molecule has 1 aromatic heterocycles. The van der Waals surface area contributed by atoms with Crippen LogP contribution in [0.1, 0.15) is 32.0 Å². The minimum Gasteiger partial charge on any atom is -0.350 e. The van der Waals surface area contributed by atoms with Gasteiger partial charge in [-0.1, -0.05) is 15.9 Å². The quantitative estimate of drug-likeness (QED) is 0.537. The van der Waals surface area contributed by atoms with Crippen molar-refractivity contribution in [3.63, 3.8) is 0 Å². The van der Waals surface area contributed by atoms with Gasteiger partial charge in [-0.2, -0.15) is 31.3 Å². The molecule has 0 spiro atoms. The summed E-state index contributed by atoms with van der Waals surface area (Å²) in [5.74, 6) is -0.590. The van der Waals surface area contributed by atoms with Crippen LogP contribution in [-0.2, 0) is 12.4 Å². The van der Waals surface area contributed by atoms with Gasteiger partial charge in [0.2, 0.25) is 5.95 Å². The molecule has 0 fully saturated rings. The van der Waals surface area contributed by atoms with Crippen molar-refractivity contribution in [1.82, 2.24) is 9.97 Å². The van der Waals surface area contributed by atoms with Crippen molar-refractivity contribution in [2.75, 3.05) is 10.6 Å². The van der Waals surface area contributed by atoms with Crippen molar-refractivity contribution >= 4 is 33.4 Å². The van der Waals surface area contributed by atoms with Gasteiger partial charge < -0.3 is 10.6 Å². The molecular formula is C16H15BrF6N4. The minimum absolute atomic E-state index is 0.0703. The Bertz CT molecular complexity index is 827. The first kappa shape index (κ1) is 21.3. The normalized spacial score (nSPS) is 12.8. The van der Waals surface area contributed by atoms with Gasteiger partial charge in [-0.15, -0.1) is 0 Å². The highest BCUT2D eigenvalue weighted by Gasteiger charge is 2.35. The van der Waals surface area contributed by atoms with Crippen LogP contribution in [0.2, 0.25) is 0 Å². The predicted octanol–water partition coefficient (Wildman–Crippen LogP) is 6.23. The third-order valence-electron chi connectivity index (χ3n) is 3.05. The maximum atomic E-state index is 13.1. The largest absolute Gasteiger partial charge is 0.433 e. The number of nitrogens with one attached hydrogen (secondary N) is 2. The van der Waals surface area contributed by atoms with E-state index in [0.717, 1.165) is 12.1 Å². The van der Waals surface area contributed by atoms with Gasteiger partial charge in [0.05, 0.1) is 5.56 Å². The average molecular weight is 457 g/mol. The van der Waals surface area contributed by atoms with E-state index in [1.165, 1.54) is 6.07 Å². The summed E-state index contributed by atoms with van der Waals surface area (Å²) in [5, 5.41) is 5.19. The first-order valence-corrected chi connectivity index (χ1v) is 8.33. The molecule has 2 rings (SSSR count). The van der Waals surface area contributed by atoms with E-state index in [2.05, 4.69) is 36.5 Å². The molecule has 2 aromatic rings. The predicted molar refractivity (Wildman–Crippen MR) is 92.8 cm³/mol. The number of benzene rings is 1. The summed E-state index contributed by atoms with van der Waals surface area (Å²) >= 11 is 2.80. The molecule has 0 aliphatic carbocycles. The smallest absolute Gasteiger partial charge is 0.350 e. The lowest BCUT2D eigenvalue weighted by Crippen LogP contribution is -2.28. The minimum atomic E-state index is -4.75. The van der Waals surface area contributed by atoms with Crippen LogP contribution in [0, 0.1) is 0 Å². The summed E-state index contributed by atoms with van der Waals surface area (Å²) in [4.78, 5) is 7.34. The van der Waals surface area contributed by atoms with Gasteiger partial charge in [0.25, 0.3) is 0 Å². The zero-order valence-electron chi connectivity index (χ0n) is 14.3. The molecule has 0 aliphatic heterocycles. The molecule has 0 saturated heterocycles. The van der Waals surface area contributed by atoms with Crippen LogP contribution < -0.4 is 10.6 Å². The number of alkyl halides is 6. The summed E-state index contributed by atoms with van der Waals surface area (Å²) in [6.07, 6.45) is -9.37. The molecule has 0 unspecified atom stereocenters. The molecule has 2 N–H and O–H groups in total. The Balaban J connectivity index is 2.45. The van der Waals surface area contributed by atoms with Crippen LogP contribution in [0.3, 0.4) is 0 Å². The Morgan fingerprint density at radius 1 is 0.889 bits per heavy atom. The average Bonchev–Trinajstić information content (AvgIpc) is 2.45. The van der Waals surface area contributed by atoms with Crippen molar-refractivity contribution in [3.8, 4) is 0 Å². The van der Waals surface area contributed by atoms with E-state index in [-0.39, 0.29) is 21.9 Å². The summed E-state index contributed by atoms with van der Waals surface area (Å²) < 4.78 is 78.1. The van der Waals surface area contributed by atoms with Crippen LogP contribution in [0.15, 0.2) is 28.7 Å². The number of hydrogen-bond acceptors (Lipinski definition) is 4. The van der Waals surface area contributed by atoms with Crippen molar-refractivity contribution in [2.24, 2.45) is 0 Å². The number of hydrogen-bond donors (Lipinski definition) is 2. The molecular weight excluding hydrogens is 442 g/mol. The van der Waals surface area contributed by atoms with E-state index in [1.54, 1.807) is 20.8 Å². The van der Waals surface area contributed by atoms with E-state index in [0.29, 0.717) is 6.07 Å². The molecule has 11 heteroatoms. The molecule has 0 radical (unpaired) electrons. The topological polar surface area (TPSA) is 49.8 Å². The van der Waals surface area contributed by atoms with Crippen LogP contribution >= 0.6 is 15.9 Å². The van der Waals surface area contributed by atoms with E-state index in [4.69, 9.17) is 0 Å². The van der Waals surface area contributed by atoms with Gasteiger partial charge in [0.1, 0.15) is 5.82 Å². The number of nitrogens with zero attached hydrogens (tertiary/aromatic N) is 2. The molecule has 1 aromatic carbocycles. The highest BCUT2D eigenvalue weighted by atomic mass is 79.9. The standard InChI is InChI=1S/C16H15BrF6N4/c1-14(2,3)27-13-25-11(16(21,22)23)7-12(26-13)24-8-4-5-10(17)9(6-8)15(18,19)20/h4-7H,1-3H3,(H2,24,25,26,27). The van der Waals surface area contributed by atoms with Crippen molar-refractivity contribution < 1.29 is 26.3 Å². The van der Waals surface area contributed by atoms with Crippen molar-refractivity contribution in [2.45, 2.75) is 38.7 Å². The Kier molecular flexibility index (Phi) is 5.65. The molecule has 27 heavy (non-hydrogen) atoms. The fourth-order valence-electron chi connectivity index (χ4n) is 2.02. The Morgan fingerprint density at radius 3 is 2.04 bits per heavy atom. The Labute approximate surface area is 159 Å². The lowest BCUT2D eigenvalue weighted by molar-refractivity contribution is -0.141. The highest BCUT2D eigenvalue weighted by molar-refractivity contribution is 9.10. The highest BCUT2D eigenvalue weighted by Crippen LogP contribution is 2.37. The summed E-state index contributed by atoms with van der Waals surface area (Å²) in [6.45, 7) is 5.11. The third kappa shape index (κ3) is 5.98. The molecule has 0 atom stereocenters. The van der Waals surface area contributed by atoms with Gasteiger partial charge >= 0.3 is 12.4 Å². The van der Waals surface area contributed by atoms with Crippen molar-refractivity contribution in [3.05, 3.63) is 40.0 Å². The second kappa shape index (κ2) is 7.17. The second-order valence-electron chi connectivity index (χ2n) is 6.65. The van der Waals surface area contributed by atoms with Gasteiger partial charge in [-0.3, -0.25) is 0 Å². The summed E-state index contributed by atoms with van der Waals surface area (Å²) in [5.41, 5.74) is -2.88. The molecule has 1 heterocycles. The lowest BCUT2D eigenvalue weighted by Gasteiger charge is -2.22. The Hall–Kier alpha value is -2.04. The lowest BCUT2D eigenvalue weighted by atomic mass is 10.1. The van der Waals surface area contributed by atoms with E-state index >= 15 is 0 Å².